The predicted molar refractivity (Wildman–Crippen MR) is 122 cm³/mol. The van der Waals surface area contributed by atoms with E-state index in [4.69, 9.17) is 14.2 Å². The predicted octanol–water partition coefficient (Wildman–Crippen LogP) is 3.58. The third kappa shape index (κ3) is 4.99. The SMILES string of the molecule is COc1ccc(-n2cnnc2SCC(=O)N(Cc2cc(OC)ccc2OC)C2CC2)cc1. The molecule has 32 heavy (non-hydrogen) atoms. The maximum Gasteiger partial charge on any atom is 0.233 e. The number of ether oxygens (including phenoxy) is 3. The van der Waals surface area contributed by atoms with E-state index in [0.29, 0.717) is 11.7 Å². The Labute approximate surface area is 191 Å². The van der Waals surface area contributed by atoms with Gasteiger partial charge in [0.1, 0.15) is 23.6 Å². The van der Waals surface area contributed by atoms with E-state index in [1.54, 1.807) is 27.7 Å². The van der Waals surface area contributed by atoms with Crippen molar-refractivity contribution in [2.24, 2.45) is 0 Å². The Morgan fingerprint density at radius 2 is 1.78 bits per heavy atom. The molecule has 1 aliphatic carbocycles. The van der Waals surface area contributed by atoms with E-state index >= 15 is 0 Å². The van der Waals surface area contributed by atoms with Gasteiger partial charge in [-0.3, -0.25) is 9.36 Å². The number of carbonyl (C=O) groups excluding carboxylic acids is 1. The summed E-state index contributed by atoms with van der Waals surface area (Å²) in [5.74, 6) is 2.60. The van der Waals surface area contributed by atoms with Crippen LogP contribution in [0.2, 0.25) is 0 Å². The molecule has 2 aromatic carbocycles. The normalized spacial score (nSPS) is 13.0. The van der Waals surface area contributed by atoms with Crippen LogP contribution in [-0.2, 0) is 11.3 Å². The highest BCUT2D eigenvalue weighted by Crippen LogP contribution is 2.33. The van der Waals surface area contributed by atoms with E-state index in [2.05, 4.69) is 10.2 Å². The molecule has 8 nitrogen and oxygen atoms in total. The van der Waals surface area contributed by atoms with Gasteiger partial charge in [0.25, 0.3) is 0 Å². The topological polar surface area (TPSA) is 78.7 Å². The van der Waals surface area contributed by atoms with Gasteiger partial charge in [-0.2, -0.15) is 0 Å². The molecule has 3 aromatic rings. The van der Waals surface area contributed by atoms with Crippen LogP contribution < -0.4 is 14.2 Å². The molecule has 1 fully saturated rings. The number of hydrogen-bond acceptors (Lipinski definition) is 7. The zero-order valence-electron chi connectivity index (χ0n) is 18.4. The third-order valence-corrected chi connectivity index (χ3v) is 6.26. The van der Waals surface area contributed by atoms with Crippen LogP contribution in [0, 0.1) is 0 Å². The number of hydrogen-bond donors (Lipinski definition) is 0. The van der Waals surface area contributed by atoms with Crippen molar-refractivity contribution in [1.29, 1.82) is 0 Å². The highest BCUT2D eigenvalue weighted by molar-refractivity contribution is 7.99. The molecule has 1 saturated carbocycles. The van der Waals surface area contributed by atoms with Crippen LogP contribution in [0.3, 0.4) is 0 Å². The van der Waals surface area contributed by atoms with Gasteiger partial charge >= 0.3 is 0 Å². The summed E-state index contributed by atoms with van der Waals surface area (Å²) in [6.45, 7) is 0.482. The van der Waals surface area contributed by atoms with Gasteiger partial charge in [-0.15, -0.1) is 10.2 Å². The average Bonchev–Trinajstić information content (AvgIpc) is 3.57. The molecule has 1 aromatic heterocycles. The first-order chi connectivity index (χ1) is 15.6. The molecule has 0 atom stereocenters. The molecular weight excluding hydrogens is 428 g/mol. The summed E-state index contributed by atoms with van der Waals surface area (Å²) in [4.78, 5) is 15.1. The number of nitrogens with zero attached hydrogens (tertiary/aromatic N) is 4. The van der Waals surface area contributed by atoms with Crippen LogP contribution in [-0.4, -0.2) is 58.7 Å². The number of rotatable bonds is 10. The second-order valence-corrected chi connectivity index (χ2v) is 8.34. The van der Waals surface area contributed by atoms with Crippen LogP contribution in [0.15, 0.2) is 53.9 Å². The molecule has 0 saturated heterocycles. The first kappa shape index (κ1) is 22.0. The quantitative estimate of drug-likeness (QED) is 0.433. The monoisotopic (exact) mass is 454 g/mol. The summed E-state index contributed by atoms with van der Waals surface area (Å²) in [7, 11) is 4.90. The molecule has 0 aliphatic heterocycles. The van der Waals surface area contributed by atoms with Gasteiger partial charge in [-0.25, -0.2) is 0 Å². The summed E-state index contributed by atoms with van der Waals surface area (Å²) >= 11 is 1.38. The van der Waals surface area contributed by atoms with Crippen molar-refractivity contribution in [3.63, 3.8) is 0 Å². The number of benzene rings is 2. The van der Waals surface area contributed by atoms with Gasteiger partial charge in [-0.1, -0.05) is 11.8 Å². The maximum absolute atomic E-state index is 13.2. The lowest BCUT2D eigenvalue weighted by atomic mass is 10.1. The Kier molecular flexibility index (Phi) is 6.84. The van der Waals surface area contributed by atoms with Crippen molar-refractivity contribution < 1.29 is 19.0 Å². The number of aromatic nitrogens is 3. The molecule has 0 bridgehead atoms. The van der Waals surface area contributed by atoms with E-state index in [9.17, 15) is 4.79 Å². The van der Waals surface area contributed by atoms with Crippen LogP contribution in [0.1, 0.15) is 18.4 Å². The lowest BCUT2D eigenvalue weighted by Gasteiger charge is -2.23. The zero-order chi connectivity index (χ0) is 22.5. The van der Waals surface area contributed by atoms with Crippen molar-refractivity contribution in [3.05, 3.63) is 54.4 Å². The van der Waals surface area contributed by atoms with Gasteiger partial charge in [0.2, 0.25) is 5.91 Å². The zero-order valence-corrected chi connectivity index (χ0v) is 19.2. The van der Waals surface area contributed by atoms with Crippen molar-refractivity contribution in [3.8, 4) is 22.9 Å². The van der Waals surface area contributed by atoms with Gasteiger partial charge in [-0.05, 0) is 55.3 Å². The maximum atomic E-state index is 13.2. The summed E-state index contributed by atoms with van der Waals surface area (Å²) < 4.78 is 17.9. The number of thioether (sulfide) groups is 1. The second-order valence-electron chi connectivity index (χ2n) is 7.40. The van der Waals surface area contributed by atoms with Crippen molar-refractivity contribution in [2.75, 3.05) is 27.1 Å². The molecule has 1 amide bonds. The van der Waals surface area contributed by atoms with E-state index < -0.39 is 0 Å². The Hall–Kier alpha value is -3.20. The molecule has 0 radical (unpaired) electrons. The van der Waals surface area contributed by atoms with Crippen molar-refractivity contribution >= 4 is 17.7 Å². The van der Waals surface area contributed by atoms with E-state index in [0.717, 1.165) is 41.3 Å². The van der Waals surface area contributed by atoms with E-state index in [-0.39, 0.29) is 17.7 Å². The van der Waals surface area contributed by atoms with Gasteiger partial charge in [0, 0.05) is 23.8 Å². The molecule has 9 heteroatoms. The minimum Gasteiger partial charge on any atom is -0.497 e. The number of methoxy groups -OCH3 is 3. The molecule has 1 aliphatic rings. The van der Waals surface area contributed by atoms with Gasteiger partial charge in [0.15, 0.2) is 5.16 Å². The summed E-state index contributed by atoms with van der Waals surface area (Å²) in [6.07, 6.45) is 3.68. The molecule has 1 heterocycles. The lowest BCUT2D eigenvalue weighted by molar-refractivity contribution is -0.129. The first-order valence-corrected chi connectivity index (χ1v) is 11.3. The fourth-order valence-electron chi connectivity index (χ4n) is 3.45. The van der Waals surface area contributed by atoms with Crippen molar-refractivity contribution in [1.82, 2.24) is 19.7 Å². The lowest BCUT2D eigenvalue weighted by Crippen LogP contribution is -2.34. The molecule has 0 spiro atoms. The van der Waals surface area contributed by atoms with E-state index in [1.807, 2.05) is 51.9 Å². The third-order valence-electron chi connectivity index (χ3n) is 5.33. The Bertz CT molecular complexity index is 1070. The fraction of sp³-hybridized carbons (Fsp3) is 0.348. The molecule has 4 rings (SSSR count). The van der Waals surface area contributed by atoms with Crippen molar-refractivity contribution in [2.45, 2.75) is 30.6 Å². The van der Waals surface area contributed by atoms with Crippen LogP contribution in [0.4, 0.5) is 0 Å². The number of carbonyl (C=O) groups is 1. The fourth-order valence-corrected chi connectivity index (χ4v) is 4.26. The van der Waals surface area contributed by atoms with Crippen LogP contribution >= 0.6 is 11.8 Å². The Morgan fingerprint density at radius 1 is 1.06 bits per heavy atom. The van der Waals surface area contributed by atoms with Gasteiger partial charge < -0.3 is 19.1 Å². The molecule has 0 N–H and O–H groups in total. The summed E-state index contributed by atoms with van der Waals surface area (Å²) in [6, 6.07) is 13.5. The minimum absolute atomic E-state index is 0.0617. The first-order valence-electron chi connectivity index (χ1n) is 10.3. The molecule has 168 valence electrons. The summed E-state index contributed by atoms with van der Waals surface area (Å²) in [5.41, 5.74) is 1.84. The largest absolute Gasteiger partial charge is 0.497 e. The smallest absolute Gasteiger partial charge is 0.233 e. The minimum atomic E-state index is 0.0617. The Morgan fingerprint density at radius 3 is 2.44 bits per heavy atom. The highest BCUT2D eigenvalue weighted by Gasteiger charge is 2.33. The standard InChI is InChI=1S/C23H26N4O4S/c1-29-19-8-6-18(7-9-19)27-15-24-25-23(27)32-14-22(28)26(17-4-5-17)13-16-12-20(30-2)10-11-21(16)31-3/h6-12,15,17H,4-5,13-14H2,1-3H3. The Balaban J connectivity index is 1.46. The second kappa shape index (κ2) is 9.95. The number of amides is 1. The highest BCUT2D eigenvalue weighted by atomic mass is 32.2. The van der Waals surface area contributed by atoms with E-state index in [1.165, 1.54) is 11.8 Å². The summed E-state index contributed by atoms with van der Waals surface area (Å²) in [5, 5.41) is 8.89. The van der Waals surface area contributed by atoms with Crippen LogP contribution in [0.5, 0.6) is 17.2 Å². The van der Waals surface area contributed by atoms with Crippen LogP contribution in [0.25, 0.3) is 5.69 Å². The van der Waals surface area contributed by atoms with Gasteiger partial charge in [0.05, 0.1) is 27.1 Å². The molecule has 0 unspecified atom stereocenters. The average molecular weight is 455 g/mol. The molecular formula is C23H26N4O4S.